The van der Waals surface area contributed by atoms with Crippen molar-refractivity contribution in [3.05, 3.63) is 65.7 Å². The lowest BCUT2D eigenvalue weighted by atomic mass is 10.1. The van der Waals surface area contributed by atoms with Crippen LogP contribution >= 0.6 is 0 Å². The molecule has 1 atom stereocenters. The normalized spacial score (nSPS) is 18.6. The molecule has 2 heteroatoms. The molecule has 2 aromatic rings. The minimum Gasteiger partial charge on any atom is -0.365 e. The quantitative estimate of drug-likeness (QED) is 0.767. The molecule has 0 saturated heterocycles. The van der Waals surface area contributed by atoms with Gasteiger partial charge in [-0.15, -0.1) is 0 Å². The fourth-order valence-corrected chi connectivity index (χ4v) is 2.01. The van der Waals surface area contributed by atoms with Crippen LogP contribution in [-0.4, -0.2) is 0 Å². The summed E-state index contributed by atoms with van der Waals surface area (Å²) >= 11 is 0. The molecular formula is C14H13N2. The Balaban J connectivity index is 1.89. The fraction of sp³-hybridized carbons (Fsp3) is 0.143. The van der Waals surface area contributed by atoms with Crippen molar-refractivity contribution in [2.24, 2.45) is 0 Å². The summed E-state index contributed by atoms with van der Waals surface area (Å²) in [5.74, 6) is 0. The molecule has 1 aliphatic rings. The van der Waals surface area contributed by atoms with Crippen LogP contribution in [0.1, 0.15) is 17.3 Å². The molecule has 0 bridgehead atoms. The Bertz CT molecular complexity index is 479. The number of para-hydroxylation sites is 1. The van der Waals surface area contributed by atoms with Gasteiger partial charge >= 0.3 is 0 Å². The minimum absolute atomic E-state index is 0.0936. The molecule has 0 aromatic heterocycles. The predicted molar refractivity (Wildman–Crippen MR) is 65.1 cm³/mol. The van der Waals surface area contributed by atoms with E-state index in [0.717, 1.165) is 6.54 Å². The molecule has 79 valence electrons. The number of rotatable bonds is 1. The zero-order chi connectivity index (χ0) is 10.8. The Morgan fingerprint density at radius 1 is 0.938 bits per heavy atom. The van der Waals surface area contributed by atoms with Gasteiger partial charge in [-0.2, -0.15) is 0 Å². The van der Waals surface area contributed by atoms with Crippen molar-refractivity contribution in [2.45, 2.75) is 12.7 Å². The number of hydrogen-bond donors (Lipinski definition) is 1. The first-order valence-corrected chi connectivity index (χ1v) is 5.49. The highest BCUT2D eigenvalue weighted by molar-refractivity contribution is 5.54. The van der Waals surface area contributed by atoms with Crippen molar-refractivity contribution < 1.29 is 0 Å². The van der Waals surface area contributed by atoms with E-state index in [1.54, 1.807) is 0 Å². The standard InChI is InChI=1S/C14H13N2/c1-2-6-11(7-3-1)14-15-10-12-8-4-5-9-13(12)16-14/h1-9,14,16H,10H2. The van der Waals surface area contributed by atoms with Gasteiger partial charge in [-0.1, -0.05) is 48.5 Å². The average Bonchev–Trinajstić information content (AvgIpc) is 2.39. The Hall–Kier alpha value is -1.80. The molecule has 1 unspecified atom stereocenters. The van der Waals surface area contributed by atoms with Crippen LogP contribution in [0.15, 0.2) is 54.6 Å². The van der Waals surface area contributed by atoms with E-state index in [2.05, 4.69) is 47.0 Å². The number of fused-ring (bicyclic) bond motifs is 1. The van der Waals surface area contributed by atoms with Gasteiger partial charge in [0.25, 0.3) is 0 Å². The van der Waals surface area contributed by atoms with Crippen LogP contribution in [-0.2, 0) is 6.54 Å². The SMILES string of the molecule is c1ccc(C2[N]Cc3ccccc3N2)cc1. The Morgan fingerprint density at radius 2 is 1.69 bits per heavy atom. The molecule has 0 spiro atoms. The topological polar surface area (TPSA) is 26.1 Å². The van der Waals surface area contributed by atoms with E-state index in [1.807, 2.05) is 18.2 Å². The van der Waals surface area contributed by atoms with Gasteiger partial charge in [-0.3, -0.25) is 0 Å². The zero-order valence-electron chi connectivity index (χ0n) is 8.93. The first-order valence-electron chi connectivity index (χ1n) is 5.49. The maximum Gasteiger partial charge on any atom is 0.119 e. The summed E-state index contributed by atoms with van der Waals surface area (Å²) in [6.45, 7) is 0.794. The zero-order valence-corrected chi connectivity index (χ0v) is 8.93. The number of nitrogens with zero attached hydrogens (tertiary/aromatic N) is 1. The number of benzene rings is 2. The molecule has 16 heavy (non-hydrogen) atoms. The largest absolute Gasteiger partial charge is 0.365 e. The highest BCUT2D eigenvalue weighted by Gasteiger charge is 2.18. The fourth-order valence-electron chi connectivity index (χ4n) is 2.01. The number of anilines is 1. The Morgan fingerprint density at radius 3 is 2.56 bits per heavy atom. The summed E-state index contributed by atoms with van der Waals surface area (Å²) in [7, 11) is 0. The molecule has 0 saturated carbocycles. The van der Waals surface area contributed by atoms with E-state index in [1.165, 1.54) is 16.8 Å². The van der Waals surface area contributed by atoms with Gasteiger partial charge in [0.05, 0.1) is 0 Å². The van der Waals surface area contributed by atoms with Crippen molar-refractivity contribution in [3.8, 4) is 0 Å². The van der Waals surface area contributed by atoms with Gasteiger partial charge in [0.15, 0.2) is 0 Å². The van der Waals surface area contributed by atoms with Crippen molar-refractivity contribution in [1.29, 1.82) is 0 Å². The Labute approximate surface area is 95.3 Å². The maximum absolute atomic E-state index is 4.63. The molecule has 1 heterocycles. The first kappa shape index (κ1) is 9.43. The molecule has 2 aromatic carbocycles. The highest BCUT2D eigenvalue weighted by atomic mass is 15.1. The minimum atomic E-state index is 0.0936. The van der Waals surface area contributed by atoms with Gasteiger partial charge in [0, 0.05) is 12.2 Å². The number of hydrogen-bond acceptors (Lipinski definition) is 1. The van der Waals surface area contributed by atoms with Crippen molar-refractivity contribution in [2.75, 3.05) is 5.32 Å². The van der Waals surface area contributed by atoms with Crippen LogP contribution in [0.4, 0.5) is 5.69 Å². The monoisotopic (exact) mass is 209 g/mol. The third-order valence-electron chi connectivity index (χ3n) is 2.87. The molecule has 0 fully saturated rings. The lowest BCUT2D eigenvalue weighted by molar-refractivity contribution is 0.552. The van der Waals surface area contributed by atoms with E-state index >= 15 is 0 Å². The summed E-state index contributed by atoms with van der Waals surface area (Å²) in [6, 6.07) is 18.7. The van der Waals surface area contributed by atoms with E-state index in [4.69, 9.17) is 0 Å². The summed E-state index contributed by atoms with van der Waals surface area (Å²) < 4.78 is 0. The van der Waals surface area contributed by atoms with Crippen LogP contribution in [0.3, 0.4) is 0 Å². The van der Waals surface area contributed by atoms with Gasteiger partial charge in [-0.25, -0.2) is 5.32 Å². The molecule has 1 aliphatic heterocycles. The van der Waals surface area contributed by atoms with Crippen molar-refractivity contribution in [1.82, 2.24) is 5.32 Å². The van der Waals surface area contributed by atoms with E-state index in [9.17, 15) is 0 Å². The first-order chi connectivity index (χ1) is 7.93. The van der Waals surface area contributed by atoms with Crippen molar-refractivity contribution in [3.63, 3.8) is 0 Å². The van der Waals surface area contributed by atoms with E-state index < -0.39 is 0 Å². The maximum atomic E-state index is 4.63. The Kier molecular flexibility index (Phi) is 2.35. The lowest BCUT2D eigenvalue weighted by Gasteiger charge is -2.27. The van der Waals surface area contributed by atoms with Gasteiger partial charge in [0.1, 0.15) is 6.17 Å². The van der Waals surface area contributed by atoms with Gasteiger partial charge in [0.2, 0.25) is 0 Å². The molecule has 1 radical (unpaired) electrons. The molecule has 0 amide bonds. The number of nitrogens with one attached hydrogen (secondary N) is 1. The molecule has 1 N–H and O–H groups in total. The molecule has 3 rings (SSSR count). The molecule has 0 aliphatic carbocycles. The second-order valence-electron chi connectivity index (χ2n) is 3.96. The van der Waals surface area contributed by atoms with Crippen molar-refractivity contribution >= 4 is 5.69 Å². The van der Waals surface area contributed by atoms with E-state index in [0.29, 0.717) is 0 Å². The van der Waals surface area contributed by atoms with E-state index in [-0.39, 0.29) is 6.17 Å². The lowest BCUT2D eigenvalue weighted by Crippen LogP contribution is -2.27. The molecule has 2 nitrogen and oxygen atoms in total. The highest BCUT2D eigenvalue weighted by Crippen LogP contribution is 2.26. The van der Waals surface area contributed by atoms with Crippen LogP contribution in [0, 0.1) is 0 Å². The summed E-state index contributed by atoms with van der Waals surface area (Å²) in [6.07, 6.45) is 0.0936. The van der Waals surface area contributed by atoms with Gasteiger partial charge in [-0.05, 0) is 17.2 Å². The van der Waals surface area contributed by atoms with Crippen LogP contribution in [0.25, 0.3) is 0 Å². The van der Waals surface area contributed by atoms with Crippen LogP contribution in [0.5, 0.6) is 0 Å². The second kappa shape index (κ2) is 3.99. The summed E-state index contributed by atoms with van der Waals surface area (Å²) in [5.41, 5.74) is 3.69. The third-order valence-corrected chi connectivity index (χ3v) is 2.87. The van der Waals surface area contributed by atoms with Crippen LogP contribution < -0.4 is 10.6 Å². The van der Waals surface area contributed by atoms with Crippen LogP contribution in [0.2, 0.25) is 0 Å². The second-order valence-corrected chi connectivity index (χ2v) is 3.96. The summed E-state index contributed by atoms with van der Waals surface area (Å²) in [5, 5.41) is 8.08. The third kappa shape index (κ3) is 1.68. The molecular weight excluding hydrogens is 196 g/mol. The average molecular weight is 209 g/mol. The summed E-state index contributed by atoms with van der Waals surface area (Å²) in [4.78, 5) is 0. The van der Waals surface area contributed by atoms with Gasteiger partial charge < -0.3 is 5.32 Å². The smallest absolute Gasteiger partial charge is 0.119 e. The predicted octanol–water partition coefficient (Wildman–Crippen LogP) is 2.92.